The monoisotopic (exact) mass is 545 g/mol. The van der Waals surface area contributed by atoms with Crippen LogP contribution in [-0.4, -0.2) is 68.6 Å². The second-order valence-corrected chi connectivity index (χ2v) is 10.5. The summed E-state index contributed by atoms with van der Waals surface area (Å²) in [5.41, 5.74) is 0.397. The molecule has 1 aliphatic rings. The van der Waals surface area contributed by atoms with Crippen molar-refractivity contribution in [2.75, 3.05) is 40.0 Å². The van der Waals surface area contributed by atoms with Crippen LogP contribution in [0.1, 0.15) is 107 Å². The highest BCUT2D eigenvalue weighted by Gasteiger charge is 2.24. The van der Waals surface area contributed by atoms with Gasteiger partial charge in [0.15, 0.2) is 0 Å². The highest BCUT2D eigenvalue weighted by molar-refractivity contribution is 5.99. The van der Waals surface area contributed by atoms with Crippen molar-refractivity contribution in [3.05, 3.63) is 29.8 Å². The zero-order valence-electron chi connectivity index (χ0n) is 24.3. The molecule has 39 heavy (non-hydrogen) atoms. The fraction of sp³-hybridized carbons (Fsp3) is 0.710. The molecule has 0 aliphatic carbocycles. The number of carbonyl (C=O) groups excluding carboxylic acids is 3. The molecule has 0 spiro atoms. The predicted octanol–water partition coefficient (Wildman–Crippen LogP) is 5.25. The number of hydrogen-bond acceptors (Lipinski definition) is 5. The van der Waals surface area contributed by atoms with E-state index in [0.29, 0.717) is 44.0 Å². The molecule has 0 radical (unpaired) electrons. The summed E-state index contributed by atoms with van der Waals surface area (Å²) < 4.78 is 11.5. The van der Waals surface area contributed by atoms with E-state index in [-0.39, 0.29) is 30.6 Å². The number of amides is 3. The fourth-order valence-corrected chi connectivity index (χ4v) is 4.60. The molecule has 0 saturated carbocycles. The first-order valence-electron chi connectivity index (χ1n) is 15.1. The van der Waals surface area contributed by atoms with E-state index in [1.54, 1.807) is 23.1 Å². The van der Waals surface area contributed by atoms with Crippen LogP contribution in [0.2, 0.25) is 0 Å². The van der Waals surface area contributed by atoms with Crippen LogP contribution in [0, 0.1) is 0 Å². The molecule has 2 rings (SSSR count). The second kappa shape index (κ2) is 20.3. The third-order valence-electron chi connectivity index (χ3n) is 7.13. The standard InChI is InChI=1S/C31H51N3O5/c1-3-4-23-38-24-16-21-32-31(37)27-19-20-29(35)34(2)22-14-10-8-6-5-7-9-11-15-25-39-28-18-13-12-17-26(28)30(36)33-27/h12-13,17-18,27H,3-11,14-16,19-25H2,1-2H3,(H,32,37)(H,33,36)/t27-/m0/s1. The van der Waals surface area contributed by atoms with E-state index in [4.69, 9.17) is 9.47 Å². The van der Waals surface area contributed by atoms with Crippen molar-refractivity contribution in [2.24, 2.45) is 0 Å². The minimum atomic E-state index is -0.821. The van der Waals surface area contributed by atoms with Gasteiger partial charge in [0.2, 0.25) is 11.8 Å². The van der Waals surface area contributed by atoms with Gasteiger partial charge in [-0.2, -0.15) is 0 Å². The summed E-state index contributed by atoms with van der Waals surface area (Å²) >= 11 is 0. The van der Waals surface area contributed by atoms with Gasteiger partial charge in [0.05, 0.1) is 12.2 Å². The smallest absolute Gasteiger partial charge is 0.255 e. The van der Waals surface area contributed by atoms with Crippen LogP contribution in [0.3, 0.4) is 0 Å². The Labute approximate surface area is 235 Å². The van der Waals surface area contributed by atoms with Gasteiger partial charge in [0, 0.05) is 39.8 Å². The van der Waals surface area contributed by atoms with Crippen LogP contribution in [-0.2, 0) is 14.3 Å². The molecule has 2 N–H and O–H groups in total. The van der Waals surface area contributed by atoms with Crippen LogP contribution >= 0.6 is 0 Å². The van der Waals surface area contributed by atoms with Gasteiger partial charge in [-0.15, -0.1) is 0 Å². The summed E-state index contributed by atoms with van der Waals surface area (Å²) in [6.07, 6.45) is 13.4. The summed E-state index contributed by atoms with van der Waals surface area (Å²) in [6.45, 7) is 5.13. The number of nitrogens with one attached hydrogen (secondary N) is 2. The minimum absolute atomic E-state index is 0.0130. The Morgan fingerprint density at radius 1 is 1.00 bits per heavy atom. The lowest BCUT2D eigenvalue weighted by molar-refractivity contribution is -0.130. The summed E-state index contributed by atoms with van der Waals surface area (Å²) in [7, 11) is 1.82. The van der Waals surface area contributed by atoms with E-state index in [9.17, 15) is 14.4 Å². The average molecular weight is 546 g/mol. The summed E-state index contributed by atoms with van der Waals surface area (Å²) in [5, 5.41) is 5.79. The Bertz CT molecular complexity index is 847. The highest BCUT2D eigenvalue weighted by Crippen LogP contribution is 2.19. The van der Waals surface area contributed by atoms with Crippen molar-refractivity contribution < 1.29 is 23.9 Å². The number of unbranched alkanes of at least 4 members (excludes halogenated alkanes) is 1. The zero-order valence-corrected chi connectivity index (χ0v) is 24.3. The third kappa shape index (κ3) is 13.8. The summed E-state index contributed by atoms with van der Waals surface area (Å²) in [5.74, 6) is -0.161. The molecule has 3 amide bonds. The zero-order chi connectivity index (χ0) is 28.1. The molecule has 1 atom stereocenters. The topological polar surface area (TPSA) is 97.0 Å². The molecule has 8 nitrogen and oxygen atoms in total. The Morgan fingerprint density at radius 2 is 1.67 bits per heavy atom. The van der Waals surface area contributed by atoms with E-state index in [1.807, 2.05) is 13.1 Å². The van der Waals surface area contributed by atoms with Crippen LogP contribution in [0.25, 0.3) is 0 Å². The molecule has 0 aromatic heterocycles. The third-order valence-corrected chi connectivity index (χ3v) is 7.13. The molecule has 1 aromatic carbocycles. The van der Waals surface area contributed by atoms with Crippen molar-refractivity contribution in [3.8, 4) is 5.75 Å². The highest BCUT2D eigenvalue weighted by atomic mass is 16.5. The summed E-state index contributed by atoms with van der Waals surface area (Å²) in [6, 6.07) is 6.31. The molecule has 0 bridgehead atoms. The van der Waals surface area contributed by atoms with Crippen LogP contribution in [0.4, 0.5) is 0 Å². The van der Waals surface area contributed by atoms with Gasteiger partial charge in [-0.1, -0.05) is 70.4 Å². The number of benzene rings is 1. The maximum atomic E-state index is 13.3. The van der Waals surface area contributed by atoms with Crippen molar-refractivity contribution in [1.29, 1.82) is 0 Å². The molecule has 1 heterocycles. The van der Waals surface area contributed by atoms with Crippen LogP contribution in [0.5, 0.6) is 5.75 Å². The number of hydrogen-bond donors (Lipinski definition) is 2. The van der Waals surface area contributed by atoms with Crippen molar-refractivity contribution >= 4 is 17.7 Å². The van der Waals surface area contributed by atoms with E-state index < -0.39 is 6.04 Å². The molecule has 0 unspecified atom stereocenters. The number of nitrogens with zero attached hydrogens (tertiary/aromatic N) is 1. The molecule has 8 heteroatoms. The number of ether oxygens (including phenoxy) is 2. The van der Waals surface area contributed by atoms with Gasteiger partial charge in [-0.05, 0) is 44.2 Å². The fourth-order valence-electron chi connectivity index (χ4n) is 4.60. The molecular formula is C31H51N3O5. The Hall–Kier alpha value is -2.61. The molecule has 0 saturated heterocycles. The van der Waals surface area contributed by atoms with Gasteiger partial charge < -0.3 is 25.0 Å². The van der Waals surface area contributed by atoms with Gasteiger partial charge in [-0.25, -0.2) is 0 Å². The lowest BCUT2D eigenvalue weighted by atomic mass is 10.1. The minimum Gasteiger partial charge on any atom is -0.493 e. The number of rotatable bonds is 8. The van der Waals surface area contributed by atoms with Crippen LogP contribution < -0.4 is 15.4 Å². The van der Waals surface area contributed by atoms with E-state index in [1.165, 1.54) is 32.1 Å². The predicted molar refractivity (Wildman–Crippen MR) is 155 cm³/mol. The van der Waals surface area contributed by atoms with E-state index >= 15 is 0 Å². The lowest BCUT2D eigenvalue weighted by Gasteiger charge is -2.21. The Morgan fingerprint density at radius 3 is 2.41 bits per heavy atom. The maximum Gasteiger partial charge on any atom is 0.255 e. The first-order valence-corrected chi connectivity index (χ1v) is 15.1. The van der Waals surface area contributed by atoms with Gasteiger partial charge in [0.25, 0.3) is 5.91 Å². The lowest BCUT2D eigenvalue weighted by Crippen LogP contribution is -2.47. The first kappa shape index (κ1) is 32.6. The molecule has 1 aromatic rings. The Balaban J connectivity index is 2.05. The number of fused-ring (bicyclic) bond motifs is 1. The van der Waals surface area contributed by atoms with Gasteiger partial charge >= 0.3 is 0 Å². The quantitative estimate of drug-likeness (QED) is 0.435. The van der Waals surface area contributed by atoms with Gasteiger partial charge in [-0.3, -0.25) is 14.4 Å². The molecule has 1 aliphatic heterocycles. The van der Waals surface area contributed by atoms with Crippen molar-refractivity contribution in [3.63, 3.8) is 0 Å². The van der Waals surface area contributed by atoms with Crippen LogP contribution in [0.15, 0.2) is 24.3 Å². The summed E-state index contributed by atoms with van der Waals surface area (Å²) in [4.78, 5) is 40.9. The number of para-hydroxylation sites is 1. The molecular weight excluding hydrogens is 494 g/mol. The second-order valence-electron chi connectivity index (χ2n) is 10.5. The largest absolute Gasteiger partial charge is 0.493 e. The van der Waals surface area contributed by atoms with E-state index in [0.717, 1.165) is 45.1 Å². The normalized spacial score (nSPS) is 19.2. The van der Waals surface area contributed by atoms with Gasteiger partial charge in [0.1, 0.15) is 11.8 Å². The first-order chi connectivity index (χ1) is 19.0. The van der Waals surface area contributed by atoms with E-state index in [2.05, 4.69) is 17.6 Å². The maximum absolute atomic E-state index is 13.3. The molecule has 220 valence electrons. The SMILES string of the molecule is CCCCOCCCNC(=O)[C@@H]1CCC(=O)N(C)CCCCCCCCCCCOc2ccccc2C(=O)N1. The number of carbonyl (C=O) groups is 3. The van der Waals surface area contributed by atoms with Crippen molar-refractivity contribution in [2.45, 2.75) is 103 Å². The average Bonchev–Trinajstić information content (AvgIpc) is 2.94. The molecule has 0 fully saturated rings. The van der Waals surface area contributed by atoms with Crippen molar-refractivity contribution in [1.82, 2.24) is 15.5 Å². The Kier molecular flexibility index (Phi) is 17.0.